The van der Waals surface area contributed by atoms with Gasteiger partial charge in [0.05, 0.1) is 10.6 Å². The van der Waals surface area contributed by atoms with Crippen molar-refractivity contribution < 1.29 is 14.5 Å². The molecular formula is C24H21ClN2O4. The molecule has 158 valence electrons. The lowest BCUT2D eigenvalue weighted by Gasteiger charge is -2.09. The maximum absolute atomic E-state index is 11.0. The molecule has 0 unspecified atom stereocenters. The van der Waals surface area contributed by atoms with Gasteiger partial charge in [0.1, 0.15) is 12.4 Å². The molecule has 3 aromatic carbocycles. The van der Waals surface area contributed by atoms with Gasteiger partial charge in [0.25, 0.3) is 5.69 Å². The minimum absolute atomic E-state index is 0.0466. The number of hydrogen-bond donors (Lipinski definition) is 0. The number of oxime groups is 1. The van der Waals surface area contributed by atoms with Crippen LogP contribution in [-0.4, -0.2) is 23.8 Å². The van der Waals surface area contributed by atoms with Crippen LogP contribution in [0, 0.1) is 16.0 Å². The van der Waals surface area contributed by atoms with E-state index in [1.54, 1.807) is 12.1 Å². The van der Waals surface area contributed by atoms with E-state index >= 15 is 0 Å². The second kappa shape index (κ2) is 9.62. The van der Waals surface area contributed by atoms with E-state index in [2.05, 4.69) is 5.16 Å². The first kappa shape index (κ1) is 20.9. The summed E-state index contributed by atoms with van der Waals surface area (Å²) in [4.78, 5) is 16.1. The molecule has 1 aliphatic carbocycles. The zero-order valence-corrected chi connectivity index (χ0v) is 17.4. The highest BCUT2D eigenvalue weighted by Gasteiger charge is 2.43. The van der Waals surface area contributed by atoms with Gasteiger partial charge in [0.15, 0.2) is 6.61 Å². The minimum Gasteiger partial charge on any atom is -0.490 e. The van der Waals surface area contributed by atoms with Crippen molar-refractivity contribution in [2.24, 2.45) is 11.1 Å². The molecule has 1 fully saturated rings. The minimum atomic E-state index is -0.411. The van der Waals surface area contributed by atoms with E-state index in [0.29, 0.717) is 24.2 Å². The topological polar surface area (TPSA) is 74.0 Å². The normalized spacial score (nSPS) is 17.8. The molecule has 0 spiro atoms. The lowest BCUT2D eigenvalue weighted by atomic mass is 10.0. The number of nitro benzene ring substituents is 1. The summed E-state index contributed by atoms with van der Waals surface area (Å²) in [5, 5.41) is 16.1. The van der Waals surface area contributed by atoms with Gasteiger partial charge in [0, 0.05) is 28.6 Å². The highest BCUT2D eigenvalue weighted by molar-refractivity contribution is 6.30. The van der Waals surface area contributed by atoms with E-state index in [4.69, 9.17) is 21.2 Å². The first-order valence-corrected chi connectivity index (χ1v) is 10.4. The van der Waals surface area contributed by atoms with Gasteiger partial charge in [-0.15, -0.1) is 0 Å². The third-order valence-electron chi connectivity index (χ3n) is 5.16. The Bertz CT molecular complexity index is 1050. The number of nitro groups is 1. The molecule has 0 radical (unpaired) electrons. The van der Waals surface area contributed by atoms with Gasteiger partial charge in [-0.25, -0.2) is 0 Å². The van der Waals surface area contributed by atoms with E-state index < -0.39 is 4.92 Å². The van der Waals surface area contributed by atoms with Crippen molar-refractivity contribution in [1.82, 2.24) is 0 Å². The smallest absolute Gasteiger partial charge is 0.269 e. The second-order valence-corrected chi connectivity index (χ2v) is 7.71. The number of rotatable bonds is 9. The van der Waals surface area contributed by atoms with Gasteiger partial charge in [-0.2, -0.15) is 0 Å². The maximum atomic E-state index is 11.0. The summed E-state index contributed by atoms with van der Waals surface area (Å²) < 4.78 is 5.63. The fourth-order valence-corrected chi connectivity index (χ4v) is 3.62. The van der Waals surface area contributed by atoms with Crippen LogP contribution in [0.2, 0.25) is 5.02 Å². The summed E-state index contributed by atoms with van der Waals surface area (Å²) >= 11 is 6.00. The number of nitrogens with zero attached hydrogens (tertiary/aromatic N) is 2. The lowest BCUT2D eigenvalue weighted by molar-refractivity contribution is -0.384. The Kier molecular flexibility index (Phi) is 6.48. The summed E-state index contributed by atoms with van der Waals surface area (Å²) in [5.74, 6) is 1.27. The van der Waals surface area contributed by atoms with Crippen molar-refractivity contribution in [2.75, 3.05) is 13.2 Å². The zero-order chi connectivity index (χ0) is 21.6. The number of para-hydroxylation sites is 1. The Balaban J connectivity index is 1.45. The third kappa shape index (κ3) is 5.41. The molecule has 3 aromatic rings. The van der Waals surface area contributed by atoms with E-state index in [0.717, 1.165) is 23.4 Å². The quantitative estimate of drug-likeness (QED) is 0.182. The average Bonchev–Trinajstić information content (AvgIpc) is 3.58. The second-order valence-electron chi connectivity index (χ2n) is 7.28. The fraction of sp³-hybridized carbons (Fsp3) is 0.208. The first-order chi connectivity index (χ1) is 15.1. The van der Waals surface area contributed by atoms with Crippen molar-refractivity contribution in [2.45, 2.75) is 12.3 Å². The molecule has 1 saturated carbocycles. The van der Waals surface area contributed by atoms with Crippen LogP contribution >= 0.6 is 11.6 Å². The van der Waals surface area contributed by atoms with Crippen LogP contribution in [0.15, 0.2) is 84.0 Å². The SMILES string of the molecule is O=[N+]([O-])c1ccc(/C(=N/OCCOc2ccccc2)[C@H]2C[C@H]2c2ccc(Cl)cc2)cc1. The van der Waals surface area contributed by atoms with Crippen molar-refractivity contribution in [3.63, 3.8) is 0 Å². The predicted octanol–water partition coefficient (Wildman–Crippen LogP) is 5.85. The summed E-state index contributed by atoms with van der Waals surface area (Å²) in [7, 11) is 0. The number of halogens is 1. The Labute approximate surface area is 185 Å². The zero-order valence-electron chi connectivity index (χ0n) is 16.7. The Hall–Kier alpha value is -3.38. The highest BCUT2D eigenvalue weighted by Crippen LogP contribution is 2.49. The molecule has 7 heteroatoms. The molecule has 0 aromatic heterocycles. The standard InChI is InChI=1S/C24H21ClN2O4/c25-19-10-6-17(7-11-19)22-16-23(22)24(18-8-12-20(13-9-18)27(28)29)26-31-15-14-30-21-4-2-1-3-5-21/h1-13,22-23H,14-16H2/b26-24-/t22-,23-/m0/s1. The van der Waals surface area contributed by atoms with E-state index in [1.807, 2.05) is 54.6 Å². The summed E-state index contributed by atoms with van der Waals surface area (Å²) in [6.45, 7) is 0.663. The molecule has 6 nitrogen and oxygen atoms in total. The molecule has 2 atom stereocenters. The predicted molar refractivity (Wildman–Crippen MR) is 120 cm³/mol. The van der Waals surface area contributed by atoms with Gasteiger partial charge >= 0.3 is 0 Å². The van der Waals surface area contributed by atoms with Gasteiger partial charge < -0.3 is 9.57 Å². The lowest BCUT2D eigenvalue weighted by Crippen LogP contribution is -2.09. The molecule has 0 bridgehead atoms. The van der Waals surface area contributed by atoms with Gasteiger partial charge in [0.2, 0.25) is 0 Å². The summed E-state index contributed by atoms with van der Waals surface area (Å²) in [5.41, 5.74) is 2.84. The van der Waals surface area contributed by atoms with Crippen molar-refractivity contribution >= 4 is 23.0 Å². The fourth-order valence-electron chi connectivity index (χ4n) is 3.49. The van der Waals surface area contributed by atoms with Crippen LogP contribution in [0.4, 0.5) is 5.69 Å². The van der Waals surface area contributed by atoms with Gasteiger partial charge in [-0.05, 0) is 54.3 Å². The van der Waals surface area contributed by atoms with Gasteiger partial charge in [-0.3, -0.25) is 10.1 Å². The van der Waals surface area contributed by atoms with E-state index in [1.165, 1.54) is 17.7 Å². The monoisotopic (exact) mass is 436 g/mol. The molecule has 0 saturated heterocycles. The Morgan fingerprint density at radius 1 is 1.00 bits per heavy atom. The Morgan fingerprint density at radius 2 is 1.71 bits per heavy atom. The summed E-state index contributed by atoms with van der Waals surface area (Å²) in [6, 6.07) is 23.7. The van der Waals surface area contributed by atoms with Crippen molar-refractivity contribution in [1.29, 1.82) is 0 Å². The molecule has 0 heterocycles. The average molecular weight is 437 g/mol. The third-order valence-corrected chi connectivity index (χ3v) is 5.42. The van der Waals surface area contributed by atoms with E-state index in [-0.39, 0.29) is 11.6 Å². The number of benzene rings is 3. The molecule has 0 aliphatic heterocycles. The van der Waals surface area contributed by atoms with E-state index in [9.17, 15) is 10.1 Å². The Morgan fingerprint density at radius 3 is 2.39 bits per heavy atom. The van der Waals surface area contributed by atoms with Crippen molar-refractivity contribution in [3.8, 4) is 5.75 Å². The van der Waals surface area contributed by atoms with Crippen LogP contribution in [0.3, 0.4) is 0 Å². The summed E-state index contributed by atoms with van der Waals surface area (Å²) in [6.07, 6.45) is 0.932. The maximum Gasteiger partial charge on any atom is 0.269 e. The highest BCUT2D eigenvalue weighted by atomic mass is 35.5. The molecule has 0 amide bonds. The van der Waals surface area contributed by atoms with Crippen LogP contribution in [0.25, 0.3) is 0 Å². The van der Waals surface area contributed by atoms with Gasteiger partial charge in [-0.1, -0.05) is 47.1 Å². The number of ether oxygens (including phenoxy) is 1. The number of non-ortho nitro benzene ring substituents is 1. The van der Waals surface area contributed by atoms with Crippen LogP contribution in [0.5, 0.6) is 5.75 Å². The number of hydrogen-bond acceptors (Lipinski definition) is 5. The molecule has 0 N–H and O–H groups in total. The molecular weight excluding hydrogens is 416 g/mol. The molecule has 31 heavy (non-hydrogen) atoms. The molecule has 1 aliphatic rings. The van der Waals surface area contributed by atoms with Crippen molar-refractivity contribution in [3.05, 3.63) is 105 Å². The van der Waals surface area contributed by atoms with Crippen LogP contribution in [0.1, 0.15) is 23.5 Å². The van der Waals surface area contributed by atoms with Crippen LogP contribution in [-0.2, 0) is 4.84 Å². The molecule has 4 rings (SSSR count). The first-order valence-electron chi connectivity index (χ1n) is 10.00. The van der Waals surface area contributed by atoms with Crippen LogP contribution < -0.4 is 4.74 Å². The largest absolute Gasteiger partial charge is 0.490 e.